The van der Waals surface area contributed by atoms with Crippen LogP contribution in [0.5, 0.6) is 5.75 Å². The molecule has 1 heterocycles. The summed E-state index contributed by atoms with van der Waals surface area (Å²) in [5.74, 6) is 0.300. The highest BCUT2D eigenvalue weighted by Crippen LogP contribution is 2.21. The van der Waals surface area contributed by atoms with Gasteiger partial charge in [0.15, 0.2) is 0 Å². The maximum absolute atomic E-state index is 13.0. The molecule has 8 nitrogen and oxygen atoms in total. The van der Waals surface area contributed by atoms with Crippen molar-refractivity contribution in [3.63, 3.8) is 0 Å². The minimum Gasteiger partial charge on any atom is -0.497 e. The van der Waals surface area contributed by atoms with E-state index in [0.29, 0.717) is 36.6 Å². The number of amides is 3. The standard InChI is InChI=1S/C31H36N4O4/c1-4-17-35(31(38)25-9-15-28(39-3)16-10-25)22-29(36)32-26-11-13-27(14-12-26)33-18-20-34(21-19-33)30(37)24-7-5-23(2)6-8-24/h5-16H,4,17-22H2,1-3H3,(H,32,36). The Labute approximate surface area is 230 Å². The number of nitrogens with one attached hydrogen (secondary N) is 1. The average Bonchev–Trinajstić information content (AvgIpc) is 2.97. The number of methoxy groups -OCH3 is 1. The van der Waals surface area contributed by atoms with Gasteiger partial charge < -0.3 is 24.8 Å². The van der Waals surface area contributed by atoms with Gasteiger partial charge in [-0.25, -0.2) is 0 Å². The van der Waals surface area contributed by atoms with Crippen LogP contribution in [0.2, 0.25) is 0 Å². The van der Waals surface area contributed by atoms with Crippen molar-refractivity contribution < 1.29 is 19.1 Å². The fourth-order valence-corrected chi connectivity index (χ4v) is 4.61. The summed E-state index contributed by atoms with van der Waals surface area (Å²) >= 11 is 0. The number of hydrogen-bond acceptors (Lipinski definition) is 5. The largest absolute Gasteiger partial charge is 0.497 e. The molecule has 3 amide bonds. The van der Waals surface area contributed by atoms with Crippen molar-refractivity contribution >= 4 is 29.1 Å². The molecule has 39 heavy (non-hydrogen) atoms. The van der Waals surface area contributed by atoms with Crippen LogP contribution in [0.25, 0.3) is 0 Å². The lowest BCUT2D eigenvalue weighted by molar-refractivity contribution is -0.116. The van der Waals surface area contributed by atoms with Crippen molar-refractivity contribution in [2.45, 2.75) is 20.3 Å². The van der Waals surface area contributed by atoms with Crippen molar-refractivity contribution in [1.29, 1.82) is 0 Å². The number of piperazine rings is 1. The summed E-state index contributed by atoms with van der Waals surface area (Å²) in [4.78, 5) is 44.3. The molecule has 0 aromatic heterocycles. The smallest absolute Gasteiger partial charge is 0.254 e. The summed E-state index contributed by atoms with van der Waals surface area (Å²) in [7, 11) is 1.58. The molecule has 0 atom stereocenters. The lowest BCUT2D eigenvalue weighted by Gasteiger charge is -2.36. The van der Waals surface area contributed by atoms with Crippen LogP contribution in [0.3, 0.4) is 0 Å². The van der Waals surface area contributed by atoms with Crippen molar-refractivity contribution in [3.05, 3.63) is 89.5 Å². The molecule has 3 aromatic carbocycles. The van der Waals surface area contributed by atoms with E-state index in [1.54, 1.807) is 36.3 Å². The predicted molar refractivity (Wildman–Crippen MR) is 154 cm³/mol. The van der Waals surface area contributed by atoms with E-state index in [1.807, 2.05) is 67.3 Å². The van der Waals surface area contributed by atoms with Gasteiger partial charge in [0.1, 0.15) is 12.3 Å². The van der Waals surface area contributed by atoms with Crippen LogP contribution in [-0.4, -0.2) is 73.9 Å². The van der Waals surface area contributed by atoms with Crippen molar-refractivity contribution in [2.75, 3.05) is 56.6 Å². The third kappa shape index (κ3) is 7.16. The quantitative estimate of drug-likeness (QED) is 0.444. The fourth-order valence-electron chi connectivity index (χ4n) is 4.61. The summed E-state index contributed by atoms with van der Waals surface area (Å²) in [5.41, 5.74) is 4.08. The number of hydrogen-bond donors (Lipinski definition) is 1. The minimum absolute atomic E-state index is 0.0303. The topological polar surface area (TPSA) is 82.2 Å². The first-order chi connectivity index (χ1) is 18.9. The van der Waals surface area contributed by atoms with E-state index in [1.165, 1.54) is 0 Å². The molecule has 0 bridgehead atoms. The summed E-state index contributed by atoms with van der Waals surface area (Å²) in [5, 5.41) is 2.91. The number of carbonyl (C=O) groups is 3. The maximum atomic E-state index is 13.0. The van der Waals surface area contributed by atoms with E-state index >= 15 is 0 Å². The fraction of sp³-hybridized carbons (Fsp3) is 0.323. The van der Waals surface area contributed by atoms with Gasteiger partial charge in [-0.05, 0) is 74.0 Å². The van der Waals surface area contributed by atoms with Crippen LogP contribution < -0.4 is 15.0 Å². The molecule has 0 saturated carbocycles. The van der Waals surface area contributed by atoms with Gasteiger partial charge in [0, 0.05) is 55.2 Å². The second kappa shape index (κ2) is 13.0. The molecule has 8 heteroatoms. The molecule has 4 rings (SSSR count). The summed E-state index contributed by atoms with van der Waals surface area (Å²) in [6, 6.07) is 22.3. The summed E-state index contributed by atoms with van der Waals surface area (Å²) in [6.07, 6.45) is 0.744. The monoisotopic (exact) mass is 528 g/mol. The molecule has 3 aromatic rings. The molecular weight excluding hydrogens is 492 g/mol. The highest BCUT2D eigenvalue weighted by molar-refractivity contribution is 5.99. The zero-order valence-electron chi connectivity index (χ0n) is 22.9. The van der Waals surface area contributed by atoms with Crippen LogP contribution in [0, 0.1) is 6.92 Å². The first kappa shape index (κ1) is 27.7. The lowest BCUT2D eigenvalue weighted by atomic mass is 10.1. The Morgan fingerprint density at radius 1 is 0.846 bits per heavy atom. The third-order valence-electron chi connectivity index (χ3n) is 6.83. The minimum atomic E-state index is -0.249. The van der Waals surface area contributed by atoms with Crippen LogP contribution in [-0.2, 0) is 4.79 Å². The van der Waals surface area contributed by atoms with Crippen LogP contribution in [0.1, 0.15) is 39.6 Å². The van der Waals surface area contributed by atoms with Gasteiger partial charge in [0.05, 0.1) is 7.11 Å². The SMILES string of the molecule is CCCN(CC(=O)Nc1ccc(N2CCN(C(=O)c3ccc(C)cc3)CC2)cc1)C(=O)c1ccc(OC)cc1. The van der Waals surface area contributed by atoms with Gasteiger partial charge in [-0.1, -0.05) is 24.6 Å². The predicted octanol–water partition coefficient (Wildman–Crippen LogP) is 4.46. The third-order valence-corrected chi connectivity index (χ3v) is 6.83. The Bertz CT molecular complexity index is 1270. The Morgan fingerprint density at radius 3 is 2.05 bits per heavy atom. The number of carbonyl (C=O) groups excluding carboxylic acids is 3. The van der Waals surface area contributed by atoms with Crippen molar-refractivity contribution in [1.82, 2.24) is 9.80 Å². The van der Waals surface area contributed by atoms with Crippen molar-refractivity contribution in [3.8, 4) is 5.75 Å². The van der Waals surface area contributed by atoms with Crippen LogP contribution in [0.4, 0.5) is 11.4 Å². The van der Waals surface area contributed by atoms with Crippen molar-refractivity contribution in [2.24, 2.45) is 0 Å². The highest BCUT2D eigenvalue weighted by Gasteiger charge is 2.23. The number of nitrogens with zero attached hydrogens (tertiary/aromatic N) is 3. The van der Waals surface area contributed by atoms with E-state index in [9.17, 15) is 14.4 Å². The maximum Gasteiger partial charge on any atom is 0.254 e. The Morgan fingerprint density at radius 2 is 1.46 bits per heavy atom. The first-order valence-electron chi connectivity index (χ1n) is 13.3. The Kier molecular flexibility index (Phi) is 9.20. The van der Waals surface area contributed by atoms with Gasteiger partial charge in [-0.3, -0.25) is 14.4 Å². The second-order valence-corrected chi connectivity index (χ2v) is 9.70. The van der Waals surface area contributed by atoms with E-state index < -0.39 is 0 Å². The molecule has 1 fully saturated rings. The first-order valence-corrected chi connectivity index (χ1v) is 13.3. The van der Waals surface area contributed by atoms with E-state index in [4.69, 9.17) is 4.74 Å². The molecule has 0 spiro atoms. The van der Waals surface area contributed by atoms with Gasteiger partial charge in [0.2, 0.25) is 5.91 Å². The molecule has 1 aliphatic heterocycles. The highest BCUT2D eigenvalue weighted by atomic mass is 16.5. The zero-order valence-corrected chi connectivity index (χ0v) is 22.9. The van der Waals surface area contributed by atoms with E-state index in [-0.39, 0.29) is 24.3 Å². The molecule has 1 saturated heterocycles. The Hall–Kier alpha value is -4.33. The van der Waals surface area contributed by atoms with Crippen LogP contribution >= 0.6 is 0 Å². The number of benzene rings is 3. The van der Waals surface area contributed by atoms with Gasteiger partial charge in [-0.2, -0.15) is 0 Å². The van der Waals surface area contributed by atoms with Gasteiger partial charge >= 0.3 is 0 Å². The molecule has 0 aliphatic carbocycles. The molecular formula is C31H36N4O4. The average molecular weight is 529 g/mol. The molecule has 1 N–H and O–H groups in total. The number of aryl methyl sites for hydroxylation is 1. The lowest BCUT2D eigenvalue weighted by Crippen LogP contribution is -2.48. The number of rotatable bonds is 9. The van der Waals surface area contributed by atoms with E-state index in [2.05, 4.69) is 10.2 Å². The molecule has 0 unspecified atom stereocenters. The number of anilines is 2. The molecule has 0 radical (unpaired) electrons. The molecule has 204 valence electrons. The van der Waals surface area contributed by atoms with Crippen LogP contribution in [0.15, 0.2) is 72.8 Å². The number of ether oxygens (including phenoxy) is 1. The second-order valence-electron chi connectivity index (χ2n) is 9.70. The Balaban J connectivity index is 1.29. The summed E-state index contributed by atoms with van der Waals surface area (Å²) < 4.78 is 5.16. The summed E-state index contributed by atoms with van der Waals surface area (Å²) in [6.45, 7) is 7.22. The molecule has 1 aliphatic rings. The normalized spacial score (nSPS) is 13.1. The van der Waals surface area contributed by atoms with E-state index in [0.717, 1.165) is 36.3 Å². The van der Waals surface area contributed by atoms with Gasteiger partial charge in [0.25, 0.3) is 11.8 Å². The zero-order chi connectivity index (χ0) is 27.8. The van der Waals surface area contributed by atoms with Gasteiger partial charge in [-0.15, -0.1) is 0 Å².